The number of ether oxygens (including phenoxy) is 1. The van der Waals surface area contributed by atoms with E-state index in [0.29, 0.717) is 23.7 Å². The van der Waals surface area contributed by atoms with Crippen molar-refractivity contribution in [2.75, 3.05) is 30.8 Å². The first kappa shape index (κ1) is 22.5. The highest BCUT2D eigenvalue weighted by Crippen LogP contribution is 2.23. The van der Waals surface area contributed by atoms with Gasteiger partial charge in [0.25, 0.3) is 0 Å². The van der Waals surface area contributed by atoms with Crippen LogP contribution in [0.4, 0.5) is 17.5 Å². The molecule has 3 N–H and O–H groups in total. The molecule has 0 unspecified atom stereocenters. The van der Waals surface area contributed by atoms with Crippen molar-refractivity contribution in [1.29, 1.82) is 0 Å². The molecule has 0 saturated carbocycles. The van der Waals surface area contributed by atoms with Crippen molar-refractivity contribution >= 4 is 38.2 Å². The van der Waals surface area contributed by atoms with Gasteiger partial charge >= 0.3 is 0 Å². The molecule has 33 heavy (non-hydrogen) atoms. The first-order chi connectivity index (χ1) is 15.9. The van der Waals surface area contributed by atoms with E-state index in [1.165, 1.54) is 0 Å². The van der Waals surface area contributed by atoms with Crippen molar-refractivity contribution < 1.29 is 13.2 Å². The van der Waals surface area contributed by atoms with Crippen molar-refractivity contribution in [2.24, 2.45) is 0 Å². The van der Waals surface area contributed by atoms with Gasteiger partial charge in [-0.15, -0.1) is 0 Å². The fraction of sp³-hybridized carbons (Fsp3) is 0.167. The van der Waals surface area contributed by atoms with E-state index >= 15 is 0 Å². The van der Waals surface area contributed by atoms with Gasteiger partial charge in [-0.3, -0.25) is 0 Å². The number of aryl methyl sites for hydroxylation is 1. The Morgan fingerprint density at radius 1 is 0.909 bits per heavy atom. The lowest BCUT2D eigenvalue weighted by Gasteiger charge is -2.12. The molecule has 170 valence electrons. The second kappa shape index (κ2) is 9.85. The van der Waals surface area contributed by atoms with Crippen LogP contribution in [0.25, 0.3) is 10.8 Å². The lowest BCUT2D eigenvalue weighted by atomic mass is 10.1. The van der Waals surface area contributed by atoms with Gasteiger partial charge in [-0.05, 0) is 42.6 Å². The number of sulfonamides is 1. The summed E-state index contributed by atoms with van der Waals surface area (Å²) in [7, 11) is -2.04. The number of nitrogens with zero attached hydrogens (tertiary/aromatic N) is 2. The van der Waals surface area contributed by atoms with Crippen LogP contribution in [0, 0.1) is 6.92 Å². The van der Waals surface area contributed by atoms with Crippen LogP contribution in [0.3, 0.4) is 0 Å². The van der Waals surface area contributed by atoms with E-state index in [4.69, 9.17) is 4.74 Å². The Morgan fingerprint density at radius 3 is 2.45 bits per heavy atom. The Bertz CT molecular complexity index is 1350. The van der Waals surface area contributed by atoms with E-state index in [0.717, 1.165) is 22.5 Å². The molecule has 3 aromatic carbocycles. The molecule has 0 aliphatic heterocycles. The number of hydrogen-bond acceptors (Lipinski definition) is 7. The highest BCUT2D eigenvalue weighted by Gasteiger charge is 2.16. The zero-order chi connectivity index (χ0) is 23.3. The van der Waals surface area contributed by atoms with Crippen molar-refractivity contribution in [3.63, 3.8) is 0 Å². The minimum absolute atomic E-state index is 0.185. The fourth-order valence-electron chi connectivity index (χ4n) is 3.40. The van der Waals surface area contributed by atoms with E-state index in [1.807, 2.05) is 61.5 Å². The number of fused-ring (bicyclic) bond motifs is 1. The summed E-state index contributed by atoms with van der Waals surface area (Å²) in [5, 5.41) is 7.88. The van der Waals surface area contributed by atoms with Crippen molar-refractivity contribution in [3.8, 4) is 5.75 Å². The van der Waals surface area contributed by atoms with Gasteiger partial charge in [-0.2, -0.15) is 4.98 Å². The van der Waals surface area contributed by atoms with E-state index in [-0.39, 0.29) is 11.4 Å². The number of methoxy groups -OCH3 is 1. The second-order valence-electron chi connectivity index (χ2n) is 7.37. The normalized spacial score (nSPS) is 11.3. The molecule has 9 heteroatoms. The predicted molar refractivity (Wildman–Crippen MR) is 131 cm³/mol. The summed E-state index contributed by atoms with van der Waals surface area (Å²) in [6.45, 7) is 2.38. The average Bonchev–Trinajstić information content (AvgIpc) is 2.81. The Hall–Kier alpha value is -3.69. The van der Waals surface area contributed by atoms with Gasteiger partial charge < -0.3 is 15.4 Å². The Kier molecular flexibility index (Phi) is 6.71. The molecule has 0 spiro atoms. The van der Waals surface area contributed by atoms with Crippen LogP contribution in [-0.4, -0.2) is 38.6 Å². The molecular formula is C24H25N5O3S. The van der Waals surface area contributed by atoms with Gasteiger partial charge in [0.15, 0.2) is 0 Å². The van der Waals surface area contributed by atoms with Crippen LogP contribution < -0.4 is 20.1 Å². The first-order valence-corrected chi connectivity index (χ1v) is 11.9. The van der Waals surface area contributed by atoms with Gasteiger partial charge in [0.05, 0.1) is 12.0 Å². The van der Waals surface area contributed by atoms with E-state index < -0.39 is 10.0 Å². The molecule has 8 nitrogen and oxygen atoms in total. The maximum absolute atomic E-state index is 12.8. The third-order valence-electron chi connectivity index (χ3n) is 4.96. The largest absolute Gasteiger partial charge is 0.497 e. The topological polar surface area (TPSA) is 105 Å². The fourth-order valence-corrected chi connectivity index (χ4v) is 4.66. The smallest absolute Gasteiger partial charge is 0.241 e. The highest BCUT2D eigenvalue weighted by atomic mass is 32.2. The summed E-state index contributed by atoms with van der Waals surface area (Å²) in [5.41, 5.74) is 1.64. The number of nitrogens with one attached hydrogen (secondary N) is 3. The van der Waals surface area contributed by atoms with Crippen LogP contribution >= 0.6 is 0 Å². The second-order valence-corrected chi connectivity index (χ2v) is 9.11. The monoisotopic (exact) mass is 463 g/mol. The summed E-state index contributed by atoms with van der Waals surface area (Å²) in [6, 6.07) is 22.0. The summed E-state index contributed by atoms with van der Waals surface area (Å²) >= 11 is 0. The van der Waals surface area contributed by atoms with Crippen LogP contribution in [0.15, 0.2) is 77.7 Å². The molecule has 0 aliphatic rings. The van der Waals surface area contributed by atoms with Crippen molar-refractivity contribution in [3.05, 3.63) is 78.5 Å². The maximum Gasteiger partial charge on any atom is 0.241 e. The van der Waals surface area contributed by atoms with E-state index in [2.05, 4.69) is 25.3 Å². The molecule has 0 radical (unpaired) electrons. The number of anilines is 3. The minimum atomic E-state index is -3.66. The number of hydrogen-bond donors (Lipinski definition) is 3. The molecule has 0 aliphatic carbocycles. The molecule has 1 aromatic heterocycles. The van der Waals surface area contributed by atoms with Crippen LogP contribution in [0.5, 0.6) is 5.75 Å². The third-order valence-corrected chi connectivity index (χ3v) is 6.48. The van der Waals surface area contributed by atoms with Gasteiger partial charge in [0, 0.05) is 35.9 Å². The van der Waals surface area contributed by atoms with Gasteiger partial charge in [-0.1, -0.05) is 36.4 Å². The van der Waals surface area contributed by atoms with Crippen LogP contribution in [0.2, 0.25) is 0 Å². The van der Waals surface area contributed by atoms with Crippen LogP contribution in [-0.2, 0) is 10.0 Å². The number of benzene rings is 3. The van der Waals surface area contributed by atoms with Gasteiger partial charge in [0.2, 0.25) is 16.0 Å². The summed E-state index contributed by atoms with van der Waals surface area (Å²) in [4.78, 5) is 9.10. The standard InChI is InChI=1S/C24H25N5O3S/c1-17-16-23(28-19-10-12-20(32-2)13-11-19)29-24(27-17)25-14-15-26-33(30,31)22-9-5-7-18-6-3-4-8-21(18)22/h3-13,16,26H,14-15H2,1-2H3,(H2,25,27,28,29). The molecule has 0 bridgehead atoms. The van der Waals surface area contributed by atoms with E-state index in [9.17, 15) is 8.42 Å². The molecule has 0 saturated heterocycles. The lowest BCUT2D eigenvalue weighted by molar-refractivity contribution is 0.415. The van der Waals surface area contributed by atoms with E-state index in [1.54, 1.807) is 25.3 Å². The molecular weight excluding hydrogens is 438 g/mol. The lowest BCUT2D eigenvalue weighted by Crippen LogP contribution is -2.29. The molecule has 4 rings (SSSR count). The van der Waals surface area contributed by atoms with Crippen LogP contribution in [0.1, 0.15) is 5.69 Å². The van der Waals surface area contributed by atoms with Crippen molar-refractivity contribution in [1.82, 2.24) is 14.7 Å². The first-order valence-electron chi connectivity index (χ1n) is 10.4. The molecule has 0 amide bonds. The third kappa shape index (κ3) is 5.57. The summed E-state index contributed by atoms with van der Waals surface area (Å²) in [6.07, 6.45) is 0. The number of aromatic nitrogens is 2. The molecule has 0 fully saturated rings. The molecule has 0 atom stereocenters. The summed E-state index contributed by atoms with van der Waals surface area (Å²) < 4.78 is 33.5. The number of rotatable bonds is 9. The highest BCUT2D eigenvalue weighted by molar-refractivity contribution is 7.89. The Labute approximate surface area is 193 Å². The zero-order valence-electron chi connectivity index (χ0n) is 18.4. The quantitative estimate of drug-likeness (QED) is 0.321. The summed E-state index contributed by atoms with van der Waals surface area (Å²) in [5.74, 6) is 1.81. The molecule has 4 aromatic rings. The average molecular weight is 464 g/mol. The van der Waals surface area contributed by atoms with Gasteiger partial charge in [0.1, 0.15) is 11.6 Å². The zero-order valence-corrected chi connectivity index (χ0v) is 19.2. The molecule has 1 heterocycles. The predicted octanol–water partition coefficient (Wildman–Crippen LogP) is 4.08. The SMILES string of the molecule is COc1ccc(Nc2cc(C)nc(NCCNS(=O)(=O)c3cccc4ccccc34)n2)cc1. The van der Waals surface area contributed by atoms with Gasteiger partial charge in [-0.25, -0.2) is 18.1 Å². The Balaban J connectivity index is 1.38. The minimum Gasteiger partial charge on any atom is -0.497 e. The Morgan fingerprint density at radius 2 is 1.67 bits per heavy atom. The van der Waals surface area contributed by atoms with Crippen molar-refractivity contribution in [2.45, 2.75) is 11.8 Å². The maximum atomic E-state index is 12.8.